The second kappa shape index (κ2) is 15.6. The van der Waals surface area contributed by atoms with Gasteiger partial charge in [0.2, 0.25) is 0 Å². The summed E-state index contributed by atoms with van der Waals surface area (Å²) in [5, 5.41) is 16.3. The van der Waals surface area contributed by atoms with Crippen LogP contribution in [0.5, 0.6) is 5.75 Å². The van der Waals surface area contributed by atoms with Crippen molar-refractivity contribution in [1.29, 1.82) is 0 Å². The molecule has 0 saturated carbocycles. The first-order chi connectivity index (χ1) is 18.2. The van der Waals surface area contributed by atoms with Gasteiger partial charge in [-0.25, -0.2) is 0 Å². The second-order valence-electron chi connectivity index (χ2n) is 8.05. The van der Waals surface area contributed by atoms with E-state index in [0.717, 1.165) is 42.5 Å². The van der Waals surface area contributed by atoms with E-state index in [4.69, 9.17) is 5.73 Å². The largest absolute Gasteiger partial charge is 1.00 e. The van der Waals surface area contributed by atoms with Crippen LogP contribution in [-0.2, 0) is 40.5 Å². The summed E-state index contributed by atoms with van der Waals surface area (Å²) in [5.41, 5.74) is 3.61. The molecule has 4 aromatic rings. The van der Waals surface area contributed by atoms with Crippen molar-refractivity contribution in [3.63, 3.8) is 0 Å². The van der Waals surface area contributed by atoms with Gasteiger partial charge in [0.1, 0.15) is 26.1 Å². The number of nitrogens with two attached hydrogens (primary N) is 1. The maximum atomic E-state index is 12.2. The summed E-state index contributed by atoms with van der Waals surface area (Å²) in [4.78, 5) is -3.63. The van der Waals surface area contributed by atoms with Gasteiger partial charge in [0.15, 0.2) is 5.75 Å². The Kier molecular flexibility index (Phi) is 15.7. The predicted molar refractivity (Wildman–Crippen MR) is 142 cm³/mol. The van der Waals surface area contributed by atoms with Gasteiger partial charge < -0.3 is 16.5 Å². The Bertz CT molecular complexity index is 2270. The monoisotopic (exact) mass is 729 g/mol. The third-order valence-corrected chi connectivity index (χ3v) is 9.03. The van der Waals surface area contributed by atoms with Crippen molar-refractivity contribution >= 4 is 79.1 Å². The molecule has 16 nitrogen and oxygen atoms in total. The summed E-state index contributed by atoms with van der Waals surface area (Å²) in [6.45, 7) is 0. The summed E-state index contributed by atoms with van der Waals surface area (Å²) in [7, 11) is -20.1. The molecule has 0 atom stereocenters. The van der Waals surface area contributed by atoms with Crippen LogP contribution < -0.4 is 124 Å². The van der Waals surface area contributed by atoms with Crippen molar-refractivity contribution in [3.05, 3.63) is 48.5 Å². The van der Waals surface area contributed by atoms with Crippen molar-refractivity contribution in [2.45, 2.75) is 19.6 Å². The molecule has 0 radical (unpaired) electrons. The summed E-state index contributed by atoms with van der Waals surface area (Å²) < 4.78 is 133. The van der Waals surface area contributed by atoms with Crippen LogP contribution in [0, 0.1) is 0 Å². The minimum absolute atomic E-state index is 0. The van der Waals surface area contributed by atoms with Crippen LogP contribution in [0.25, 0.3) is 21.5 Å². The molecule has 24 heteroatoms. The summed E-state index contributed by atoms with van der Waals surface area (Å²) in [6, 6.07) is 7.04. The van der Waals surface area contributed by atoms with Crippen molar-refractivity contribution in [2.24, 2.45) is 10.2 Å². The summed E-state index contributed by atoms with van der Waals surface area (Å²) >= 11 is 0. The van der Waals surface area contributed by atoms with E-state index in [0.29, 0.717) is 6.07 Å². The van der Waals surface area contributed by atoms with Gasteiger partial charge in [-0.15, -0.1) is 10.2 Å². The fourth-order valence-electron chi connectivity index (χ4n) is 3.90. The topological polar surface area (TPSA) is 288 Å². The quantitative estimate of drug-likeness (QED) is 0.0465. The molecule has 0 aliphatic rings. The zero-order valence-electron chi connectivity index (χ0n) is 27.2. The van der Waals surface area contributed by atoms with Gasteiger partial charge >= 0.3 is 118 Å². The van der Waals surface area contributed by atoms with Crippen LogP contribution in [0.4, 0.5) is 17.1 Å². The molecule has 0 aliphatic carbocycles. The normalized spacial score (nSPS) is 12.2. The van der Waals surface area contributed by atoms with E-state index in [1.54, 1.807) is 0 Å². The maximum absolute atomic E-state index is 12.2. The smallest absolute Gasteiger partial charge is 1.00 e. The second-order valence-corrected chi connectivity index (χ2v) is 13.6. The van der Waals surface area contributed by atoms with Gasteiger partial charge in [-0.1, -0.05) is 18.2 Å². The average molecular weight is 730 g/mol. The number of rotatable bonds is 6. The Labute approximate surface area is 345 Å². The zero-order chi connectivity index (χ0) is 30.0. The van der Waals surface area contributed by atoms with Crippen LogP contribution in [0.15, 0.2) is 78.3 Å². The molecule has 220 valence electrons. The molecule has 0 aromatic heterocycles. The molecule has 0 amide bonds. The van der Waals surface area contributed by atoms with Crippen LogP contribution in [0.2, 0.25) is 0 Å². The number of hydrogen-bond donors (Lipinski definition) is 6. The summed E-state index contributed by atoms with van der Waals surface area (Å²) in [6.07, 6.45) is 0. The van der Waals surface area contributed by atoms with Crippen molar-refractivity contribution in [1.82, 2.24) is 0 Å². The van der Waals surface area contributed by atoms with E-state index in [1.165, 1.54) is 0 Å². The first-order valence-electron chi connectivity index (χ1n) is 10.2. The number of benzene rings is 4. The molecular formula is C20H19N3Na4O13S4. The number of nitrogens with zero attached hydrogens (tertiary/aromatic N) is 2. The Morgan fingerprint density at radius 1 is 0.636 bits per heavy atom. The number of hydrogen-bond acceptors (Lipinski definition) is 12. The van der Waals surface area contributed by atoms with Gasteiger partial charge in [-0.3, -0.25) is 18.2 Å². The fraction of sp³-hybridized carbons (Fsp3) is 0. The molecule has 7 N–H and O–H groups in total. The van der Waals surface area contributed by atoms with Gasteiger partial charge in [0.25, 0.3) is 40.5 Å². The Balaban J connectivity index is -0.000000770. The van der Waals surface area contributed by atoms with E-state index >= 15 is 0 Å². The molecular weight excluding hydrogens is 710 g/mol. The minimum Gasteiger partial charge on any atom is -1.00 e. The Morgan fingerprint density at radius 2 is 1.20 bits per heavy atom. The van der Waals surface area contributed by atoms with E-state index in [1.807, 2.05) is 0 Å². The van der Waals surface area contributed by atoms with Crippen LogP contribution in [0.3, 0.4) is 0 Å². The number of phenolic OH excluding ortho intramolecular Hbond substituents is 1. The first kappa shape index (κ1) is 44.2. The molecule has 0 spiro atoms. The Hall–Kier alpha value is 0.240. The average Bonchev–Trinajstić information content (AvgIpc) is 2.79. The molecule has 0 bridgehead atoms. The van der Waals surface area contributed by atoms with Crippen molar-refractivity contribution in [2.75, 3.05) is 5.73 Å². The van der Waals surface area contributed by atoms with Crippen molar-refractivity contribution in [3.8, 4) is 5.75 Å². The van der Waals surface area contributed by atoms with Crippen LogP contribution in [0.1, 0.15) is 5.71 Å². The number of fused-ring (bicyclic) bond motifs is 2. The first-order valence-corrected chi connectivity index (χ1v) is 15.9. The van der Waals surface area contributed by atoms with E-state index < -0.39 is 88.3 Å². The number of anilines is 1. The van der Waals surface area contributed by atoms with Gasteiger partial charge in [-0.2, -0.15) is 33.7 Å². The van der Waals surface area contributed by atoms with E-state index in [9.17, 15) is 57.0 Å². The maximum Gasteiger partial charge on any atom is 1.00 e. The molecule has 0 unspecified atom stereocenters. The minimum atomic E-state index is -5.24. The Morgan fingerprint density at radius 3 is 1.70 bits per heavy atom. The fourth-order valence-corrected chi connectivity index (χ4v) is 6.65. The molecule has 0 saturated heterocycles. The molecule has 44 heavy (non-hydrogen) atoms. The molecule has 0 fully saturated rings. The predicted octanol–water partition coefficient (Wildman–Crippen LogP) is -8.85. The molecule has 4 aromatic carbocycles. The molecule has 0 heterocycles. The third kappa shape index (κ3) is 9.23. The van der Waals surface area contributed by atoms with Crippen molar-refractivity contribution < 1.29 is 181 Å². The summed E-state index contributed by atoms with van der Waals surface area (Å²) in [5.74, 6) is -1.06. The number of aromatic hydroxyl groups is 1. The number of phenols is 1. The third-order valence-electron chi connectivity index (χ3n) is 5.47. The van der Waals surface area contributed by atoms with Gasteiger partial charge in [0.05, 0.1) is 4.90 Å². The van der Waals surface area contributed by atoms with E-state index in [-0.39, 0.29) is 140 Å². The standard InChI is InChI=1S/C20H15N3O13S4.4Na.4H/c21-13-8-10(37(25,26)27)6-9-7-16(39(31,32)33)18(19(24)17(9)13)23-22-14-5-4-11-12(20(14)40(34,35)36)2-1-3-15(11)38(28,29)30;;;;;;;;/h1-8,24H,21H2,(H,25,26,27)(H,28,29,30)(H,31,32,33)(H,34,35,36);;;;;;;;/q;4*+1;4*-1. The van der Waals surface area contributed by atoms with E-state index in [2.05, 4.69) is 10.2 Å². The molecule has 0 aliphatic heterocycles. The van der Waals surface area contributed by atoms with Gasteiger partial charge in [-0.05, 0) is 35.7 Å². The number of nitrogen functional groups attached to an aromatic ring is 1. The zero-order valence-corrected chi connectivity index (χ0v) is 34.5. The number of azo groups is 1. The van der Waals surface area contributed by atoms with Crippen LogP contribution >= 0.6 is 0 Å². The molecule has 4 rings (SSSR count). The van der Waals surface area contributed by atoms with Crippen LogP contribution in [-0.4, -0.2) is 57.0 Å². The van der Waals surface area contributed by atoms with Gasteiger partial charge in [0, 0.05) is 21.8 Å². The SMILES string of the molecule is Nc1cc(S(=O)(=O)O)cc2cc(S(=O)(=O)O)c(N=Nc3ccc4c(S(=O)(=O)O)cccc4c3S(=O)(=O)O)c(O)c12.[H-].[H-].[H-].[H-].[Na+].[Na+].[Na+].[Na+].